The number of benzene rings is 3. The van der Waals surface area contributed by atoms with Gasteiger partial charge in [0.05, 0.1) is 28.9 Å². The molecule has 1 N–H and O–H groups in total. The average Bonchev–Trinajstić information content (AvgIpc) is 3.08. The topological polar surface area (TPSA) is 94.2 Å². The van der Waals surface area contributed by atoms with Gasteiger partial charge in [0.15, 0.2) is 11.5 Å². The van der Waals surface area contributed by atoms with Crippen molar-refractivity contribution >= 4 is 40.7 Å². The van der Waals surface area contributed by atoms with E-state index in [0.29, 0.717) is 52.8 Å². The minimum atomic E-state index is -0.447. The van der Waals surface area contributed by atoms with E-state index in [1.54, 1.807) is 42.5 Å². The van der Waals surface area contributed by atoms with Gasteiger partial charge in [0.1, 0.15) is 13.2 Å². The Balaban J connectivity index is 1.39. The Morgan fingerprint density at radius 3 is 2.36 bits per heavy atom. The van der Waals surface area contributed by atoms with Gasteiger partial charge in [-0.2, -0.15) is 0 Å². The van der Waals surface area contributed by atoms with E-state index in [0.717, 1.165) is 4.90 Å². The number of imide groups is 1. The van der Waals surface area contributed by atoms with Crippen molar-refractivity contribution in [1.82, 2.24) is 0 Å². The first-order valence-electron chi connectivity index (χ1n) is 10.0. The fourth-order valence-corrected chi connectivity index (χ4v) is 4.05. The van der Waals surface area contributed by atoms with E-state index in [4.69, 9.17) is 25.8 Å². The van der Waals surface area contributed by atoms with Crippen molar-refractivity contribution in [2.45, 2.75) is 0 Å². The van der Waals surface area contributed by atoms with Crippen molar-refractivity contribution in [3.63, 3.8) is 0 Å². The number of ether oxygens (including phenoxy) is 3. The van der Waals surface area contributed by atoms with E-state index < -0.39 is 17.7 Å². The summed E-state index contributed by atoms with van der Waals surface area (Å²) in [6.45, 7) is 0.767. The van der Waals surface area contributed by atoms with Crippen LogP contribution in [0.5, 0.6) is 17.2 Å². The molecule has 0 aliphatic carbocycles. The lowest BCUT2D eigenvalue weighted by molar-refractivity contribution is 0.0924. The van der Waals surface area contributed by atoms with Crippen LogP contribution in [-0.4, -0.2) is 38.0 Å². The number of methoxy groups -OCH3 is 1. The predicted molar refractivity (Wildman–Crippen MR) is 121 cm³/mol. The normalized spacial score (nSPS) is 14.2. The molecule has 0 bridgehead atoms. The van der Waals surface area contributed by atoms with Crippen molar-refractivity contribution in [3.05, 3.63) is 76.3 Å². The zero-order valence-electron chi connectivity index (χ0n) is 17.4. The quantitative estimate of drug-likeness (QED) is 0.582. The molecule has 0 aromatic heterocycles. The molecule has 0 radical (unpaired) electrons. The Bertz CT molecular complexity index is 1270. The van der Waals surface area contributed by atoms with Gasteiger partial charge in [-0.3, -0.25) is 14.4 Å². The molecule has 0 spiro atoms. The van der Waals surface area contributed by atoms with Crippen molar-refractivity contribution in [1.29, 1.82) is 0 Å². The number of nitrogens with zero attached hydrogens (tertiary/aromatic N) is 1. The molecule has 9 heteroatoms. The zero-order valence-corrected chi connectivity index (χ0v) is 18.1. The number of hydrogen-bond donors (Lipinski definition) is 1. The molecule has 3 amide bonds. The smallest absolute Gasteiger partial charge is 0.266 e. The third-order valence-electron chi connectivity index (χ3n) is 5.33. The van der Waals surface area contributed by atoms with E-state index in [9.17, 15) is 14.4 Å². The Kier molecular flexibility index (Phi) is 5.14. The van der Waals surface area contributed by atoms with Gasteiger partial charge < -0.3 is 19.5 Å². The summed E-state index contributed by atoms with van der Waals surface area (Å²) in [5, 5.41) is 2.89. The minimum absolute atomic E-state index is 0.141. The molecular formula is C24H17ClN2O6. The molecule has 0 atom stereocenters. The summed E-state index contributed by atoms with van der Waals surface area (Å²) >= 11 is 6.40. The number of rotatable bonds is 4. The van der Waals surface area contributed by atoms with Crippen molar-refractivity contribution in [2.24, 2.45) is 0 Å². The summed E-state index contributed by atoms with van der Waals surface area (Å²) in [4.78, 5) is 39.3. The average molecular weight is 465 g/mol. The van der Waals surface area contributed by atoms with Crippen LogP contribution >= 0.6 is 11.6 Å². The molecule has 166 valence electrons. The minimum Gasteiger partial charge on any atom is -0.493 e. The number of hydrogen-bond acceptors (Lipinski definition) is 6. The summed E-state index contributed by atoms with van der Waals surface area (Å²) in [6.07, 6.45) is 0. The number of halogens is 1. The molecule has 0 unspecified atom stereocenters. The second-order valence-electron chi connectivity index (χ2n) is 7.31. The molecule has 33 heavy (non-hydrogen) atoms. The number of carbonyl (C=O) groups is 3. The van der Waals surface area contributed by atoms with Gasteiger partial charge >= 0.3 is 0 Å². The fourth-order valence-electron chi connectivity index (χ4n) is 3.78. The lowest BCUT2D eigenvalue weighted by Gasteiger charge is -2.21. The van der Waals surface area contributed by atoms with Crippen LogP contribution in [0.2, 0.25) is 5.02 Å². The SMILES string of the molecule is COc1cc(C(=O)Nc2ccc(N3C(=O)c4ccccc4C3=O)c(Cl)c2)cc2c1OCCO2. The summed E-state index contributed by atoms with van der Waals surface area (Å²) in [5.74, 6) is -0.0557. The molecule has 3 aromatic carbocycles. The van der Waals surface area contributed by atoms with Crippen LogP contribution in [0.4, 0.5) is 11.4 Å². The molecule has 2 aliphatic heterocycles. The zero-order chi connectivity index (χ0) is 23.1. The first kappa shape index (κ1) is 20.8. The summed E-state index contributed by atoms with van der Waals surface area (Å²) < 4.78 is 16.4. The number of amides is 3. The second kappa shape index (κ2) is 8.14. The highest BCUT2D eigenvalue weighted by Crippen LogP contribution is 2.41. The third kappa shape index (κ3) is 3.54. The van der Waals surface area contributed by atoms with Crippen LogP contribution in [0.3, 0.4) is 0 Å². The van der Waals surface area contributed by atoms with Crippen molar-refractivity contribution in [2.75, 3.05) is 30.5 Å². The van der Waals surface area contributed by atoms with Gasteiger partial charge in [-0.25, -0.2) is 4.90 Å². The van der Waals surface area contributed by atoms with Crippen LogP contribution in [0.15, 0.2) is 54.6 Å². The standard InChI is InChI=1S/C24H17ClN2O6/c1-31-19-10-13(11-20-21(19)33-9-8-32-20)22(28)26-14-6-7-18(17(25)12-14)27-23(29)15-4-2-3-5-16(15)24(27)30/h2-7,10-12H,8-9H2,1H3,(H,26,28). The maximum atomic E-state index is 12.8. The van der Waals surface area contributed by atoms with Gasteiger partial charge in [0.25, 0.3) is 17.7 Å². The van der Waals surface area contributed by atoms with Gasteiger partial charge in [-0.15, -0.1) is 0 Å². The predicted octanol–water partition coefficient (Wildman–Crippen LogP) is 4.17. The van der Waals surface area contributed by atoms with Crippen LogP contribution in [-0.2, 0) is 0 Å². The number of carbonyl (C=O) groups excluding carboxylic acids is 3. The van der Waals surface area contributed by atoms with E-state index >= 15 is 0 Å². The lowest BCUT2D eigenvalue weighted by Crippen LogP contribution is -2.29. The van der Waals surface area contributed by atoms with Gasteiger partial charge in [-0.05, 0) is 42.5 Å². The molecule has 2 aliphatic rings. The largest absolute Gasteiger partial charge is 0.493 e. The summed E-state index contributed by atoms with van der Waals surface area (Å²) in [6, 6.07) is 14.3. The fraction of sp³-hybridized carbons (Fsp3) is 0.125. The lowest BCUT2D eigenvalue weighted by atomic mass is 10.1. The molecule has 2 heterocycles. The van der Waals surface area contributed by atoms with Gasteiger partial charge in [-0.1, -0.05) is 23.7 Å². The van der Waals surface area contributed by atoms with E-state index in [-0.39, 0.29) is 10.7 Å². The van der Waals surface area contributed by atoms with E-state index in [1.165, 1.54) is 19.2 Å². The molecule has 0 fully saturated rings. The highest BCUT2D eigenvalue weighted by atomic mass is 35.5. The van der Waals surface area contributed by atoms with E-state index in [2.05, 4.69) is 5.32 Å². The first-order chi connectivity index (χ1) is 16.0. The number of nitrogens with one attached hydrogen (secondary N) is 1. The molecule has 3 aromatic rings. The number of fused-ring (bicyclic) bond motifs is 2. The maximum Gasteiger partial charge on any atom is 0.266 e. The van der Waals surface area contributed by atoms with E-state index in [1.807, 2.05) is 0 Å². The monoisotopic (exact) mass is 464 g/mol. The first-order valence-corrected chi connectivity index (χ1v) is 10.4. The molecule has 5 rings (SSSR count). The van der Waals surface area contributed by atoms with Gasteiger partial charge in [0, 0.05) is 11.3 Å². The van der Waals surface area contributed by atoms with Crippen LogP contribution < -0.4 is 24.4 Å². The molecule has 0 saturated carbocycles. The van der Waals surface area contributed by atoms with Crippen LogP contribution in [0.25, 0.3) is 0 Å². The highest BCUT2D eigenvalue weighted by Gasteiger charge is 2.37. The summed E-state index contributed by atoms with van der Waals surface area (Å²) in [5.41, 5.74) is 1.57. The third-order valence-corrected chi connectivity index (χ3v) is 5.63. The van der Waals surface area contributed by atoms with Crippen LogP contribution in [0, 0.1) is 0 Å². The second-order valence-corrected chi connectivity index (χ2v) is 7.72. The van der Waals surface area contributed by atoms with Gasteiger partial charge in [0.2, 0.25) is 5.75 Å². The highest BCUT2D eigenvalue weighted by molar-refractivity contribution is 6.40. The van der Waals surface area contributed by atoms with Crippen molar-refractivity contribution in [3.8, 4) is 17.2 Å². The molecule has 8 nitrogen and oxygen atoms in total. The Hall–Kier alpha value is -4.04. The number of anilines is 2. The Labute approximate surface area is 193 Å². The maximum absolute atomic E-state index is 12.8. The summed E-state index contributed by atoms with van der Waals surface area (Å²) in [7, 11) is 1.48. The Morgan fingerprint density at radius 2 is 1.70 bits per heavy atom. The van der Waals surface area contributed by atoms with Crippen LogP contribution in [0.1, 0.15) is 31.1 Å². The Morgan fingerprint density at radius 1 is 1.00 bits per heavy atom. The molecular weight excluding hydrogens is 448 g/mol. The van der Waals surface area contributed by atoms with Crippen molar-refractivity contribution < 1.29 is 28.6 Å². The molecule has 0 saturated heterocycles.